The van der Waals surface area contributed by atoms with Crippen LogP contribution in [0.1, 0.15) is 54.2 Å². The van der Waals surface area contributed by atoms with Crippen LogP contribution >= 0.6 is 0 Å². The number of nitrogens with one attached hydrogen (secondary N) is 2. The Balaban J connectivity index is 1.50. The number of nitrogens with zero attached hydrogens (tertiary/aromatic N) is 3. The lowest BCUT2D eigenvalue weighted by Gasteiger charge is -2.49. The number of H-pyrrole nitrogens is 1. The van der Waals surface area contributed by atoms with Crippen molar-refractivity contribution in [1.29, 1.82) is 0 Å². The molecule has 1 aliphatic carbocycles. The molecule has 0 aromatic carbocycles. The highest BCUT2D eigenvalue weighted by Crippen LogP contribution is 2.39. The highest BCUT2D eigenvalue weighted by atomic mass is 16.2. The Morgan fingerprint density at radius 1 is 1.33 bits per heavy atom. The molecule has 2 aliphatic heterocycles. The van der Waals surface area contributed by atoms with Gasteiger partial charge < -0.3 is 10.2 Å². The normalized spacial score (nSPS) is 28.7. The molecule has 2 N–H and O–H groups in total. The average molecular weight is 331 g/mol. The van der Waals surface area contributed by atoms with Gasteiger partial charge in [-0.2, -0.15) is 5.10 Å². The van der Waals surface area contributed by atoms with Crippen molar-refractivity contribution in [2.45, 2.75) is 43.6 Å². The zero-order valence-corrected chi connectivity index (χ0v) is 14.2. The maximum Gasteiger partial charge on any atom is 0.274 e. The maximum atomic E-state index is 12.9. The van der Waals surface area contributed by atoms with Crippen LogP contribution in [-0.4, -0.2) is 70.6 Å². The SMILES string of the molecule is CN1CCN(C(=O)c2cc(C3CC3)[nH]n2)C[C@@]12CCNC(=O)CC2. The first-order valence-corrected chi connectivity index (χ1v) is 8.90. The Bertz CT molecular complexity index is 653. The van der Waals surface area contributed by atoms with Crippen molar-refractivity contribution in [3.8, 4) is 0 Å². The maximum absolute atomic E-state index is 12.9. The number of piperazine rings is 1. The van der Waals surface area contributed by atoms with Crippen LogP contribution in [0.3, 0.4) is 0 Å². The van der Waals surface area contributed by atoms with Crippen LogP contribution in [-0.2, 0) is 4.79 Å². The second kappa shape index (κ2) is 5.88. The molecule has 24 heavy (non-hydrogen) atoms. The second-order valence-corrected chi connectivity index (χ2v) is 7.46. The predicted molar refractivity (Wildman–Crippen MR) is 88.7 cm³/mol. The molecule has 1 atom stereocenters. The third-order valence-corrected chi connectivity index (χ3v) is 5.85. The molecular weight excluding hydrogens is 306 g/mol. The van der Waals surface area contributed by atoms with Gasteiger partial charge in [0.25, 0.3) is 5.91 Å². The van der Waals surface area contributed by atoms with E-state index in [1.54, 1.807) is 0 Å². The summed E-state index contributed by atoms with van der Waals surface area (Å²) < 4.78 is 0. The Morgan fingerprint density at radius 3 is 2.96 bits per heavy atom. The molecule has 2 amide bonds. The monoisotopic (exact) mass is 331 g/mol. The minimum absolute atomic E-state index is 0.00848. The smallest absolute Gasteiger partial charge is 0.274 e. The first-order valence-electron chi connectivity index (χ1n) is 8.90. The van der Waals surface area contributed by atoms with E-state index in [4.69, 9.17) is 0 Å². The molecular formula is C17H25N5O2. The highest BCUT2D eigenvalue weighted by Gasteiger charge is 2.42. The molecule has 1 saturated carbocycles. The molecule has 4 rings (SSSR count). The minimum Gasteiger partial charge on any atom is -0.356 e. The van der Waals surface area contributed by atoms with Crippen molar-refractivity contribution in [3.05, 3.63) is 17.5 Å². The molecule has 3 fully saturated rings. The number of likely N-dealkylation sites (N-methyl/N-ethyl adjacent to an activating group) is 1. The quantitative estimate of drug-likeness (QED) is 0.836. The molecule has 0 unspecified atom stereocenters. The molecule has 3 aliphatic rings. The number of aromatic amines is 1. The molecule has 1 spiro atoms. The third kappa shape index (κ3) is 2.81. The molecule has 3 heterocycles. The van der Waals surface area contributed by atoms with Crippen LogP contribution in [0.15, 0.2) is 6.07 Å². The summed E-state index contributed by atoms with van der Waals surface area (Å²) in [5, 5.41) is 10.2. The Hall–Kier alpha value is -1.89. The van der Waals surface area contributed by atoms with Gasteiger partial charge in [0.05, 0.1) is 0 Å². The fourth-order valence-corrected chi connectivity index (χ4v) is 3.98. The number of hydrogen-bond donors (Lipinski definition) is 2. The van der Waals surface area contributed by atoms with Gasteiger partial charge in [0.15, 0.2) is 0 Å². The second-order valence-electron chi connectivity index (χ2n) is 7.46. The van der Waals surface area contributed by atoms with Crippen LogP contribution in [0, 0.1) is 0 Å². The molecule has 0 bridgehead atoms. The summed E-state index contributed by atoms with van der Waals surface area (Å²) in [6.07, 6.45) is 4.59. The number of hydrogen-bond acceptors (Lipinski definition) is 4. The predicted octanol–water partition coefficient (Wildman–Crippen LogP) is 0.714. The standard InChI is InChI=1S/C17H25N5O2/c1-21-8-9-22(11-17(21)5-4-15(23)18-7-6-17)16(24)14-10-13(19-20-14)12-2-3-12/h10,12H,2-9,11H2,1H3,(H,18,23)(H,19,20)/t17-/m1/s1. The molecule has 130 valence electrons. The van der Waals surface area contributed by atoms with Crippen molar-refractivity contribution >= 4 is 11.8 Å². The van der Waals surface area contributed by atoms with Gasteiger partial charge in [0, 0.05) is 49.8 Å². The summed E-state index contributed by atoms with van der Waals surface area (Å²) in [7, 11) is 2.11. The van der Waals surface area contributed by atoms with E-state index in [9.17, 15) is 9.59 Å². The van der Waals surface area contributed by atoms with Gasteiger partial charge in [0.2, 0.25) is 5.91 Å². The van der Waals surface area contributed by atoms with E-state index in [1.807, 2.05) is 11.0 Å². The zero-order valence-electron chi connectivity index (χ0n) is 14.2. The van der Waals surface area contributed by atoms with Gasteiger partial charge in [-0.3, -0.25) is 19.6 Å². The van der Waals surface area contributed by atoms with Gasteiger partial charge >= 0.3 is 0 Å². The van der Waals surface area contributed by atoms with E-state index in [0.717, 1.165) is 25.1 Å². The number of carbonyl (C=O) groups excluding carboxylic acids is 2. The molecule has 0 radical (unpaired) electrons. The van der Waals surface area contributed by atoms with Crippen molar-refractivity contribution in [2.75, 3.05) is 33.2 Å². The lowest BCUT2D eigenvalue weighted by molar-refractivity contribution is -0.121. The first-order chi connectivity index (χ1) is 11.6. The summed E-state index contributed by atoms with van der Waals surface area (Å²) in [4.78, 5) is 28.8. The summed E-state index contributed by atoms with van der Waals surface area (Å²) in [6.45, 7) is 2.90. The van der Waals surface area contributed by atoms with Gasteiger partial charge in [-0.25, -0.2) is 0 Å². The molecule has 2 saturated heterocycles. The van der Waals surface area contributed by atoms with Gasteiger partial charge in [0.1, 0.15) is 5.69 Å². The van der Waals surface area contributed by atoms with E-state index >= 15 is 0 Å². The fraction of sp³-hybridized carbons (Fsp3) is 0.706. The molecule has 1 aromatic heterocycles. The lowest BCUT2D eigenvalue weighted by atomic mass is 9.86. The topological polar surface area (TPSA) is 81.3 Å². The van der Waals surface area contributed by atoms with Gasteiger partial charge in [-0.05, 0) is 38.8 Å². The summed E-state index contributed by atoms with van der Waals surface area (Å²) >= 11 is 0. The number of rotatable bonds is 2. The van der Waals surface area contributed by atoms with Crippen LogP contribution in [0.4, 0.5) is 0 Å². The minimum atomic E-state index is -0.108. The molecule has 7 heteroatoms. The fourth-order valence-electron chi connectivity index (χ4n) is 3.98. The van der Waals surface area contributed by atoms with Crippen LogP contribution < -0.4 is 5.32 Å². The number of aromatic nitrogens is 2. The van der Waals surface area contributed by atoms with E-state index in [2.05, 4.69) is 27.5 Å². The number of amides is 2. The average Bonchev–Trinajstić information content (AvgIpc) is 3.34. The zero-order chi connectivity index (χ0) is 16.7. The highest BCUT2D eigenvalue weighted by molar-refractivity contribution is 5.92. The Morgan fingerprint density at radius 2 is 2.17 bits per heavy atom. The van der Waals surface area contributed by atoms with E-state index in [0.29, 0.717) is 37.7 Å². The summed E-state index contributed by atoms with van der Waals surface area (Å²) in [5.41, 5.74) is 1.51. The summed E-state index contributed by atoms with van der Waals surface area (Å²) in [6, 6.07) is 1.92. The molecule has 1 aromatic rings. The summed E-state index contributed by atoms with van der Waals surface area (Å²) in [5.74, 6) is 0.691. The largest absolute Gasteiger partial charge is 0.356 e. The van der Waals surface area contributed by atoms with Crippen molar-refractivity contribution < 1.29 is 9.59 Å². The van der Waals surface area contributed by atoms with Crippen molar-refractivity contribution in [3.63, 3.8) is 0 Å². The number of carbonyl (C=O) groups is 2. The van der Waals surface area contributed by atoms with Crippen molar-refractivity contribution in [1.82, 2.24) is 25.3 Å². The first kappa shape index (κ1) is 15.6. The van der Waals surface area contributed by atoms with Crippen LogP contribution in [0.5, 0.6) is 0 Å². The Kier molecular flexibility index (Phi) is 3.83. The van der Waals surface area contributed by atoms with Crippen LogP contribution in [0.25, 0.3) is 0 Å². The third-order valence-electron chi connectivity index (χ3n) is 5.85. The van der Waals surface area contributed by atoms with E-state index < -0.39 is 0 Å². The van der Waals surface area contributed by atoms with E-state index in [-0.39, 0.29) is 17.4 Å². The van der Waals surface area contributed by atoms with Crippen molar-refractivity contribution in [2.24, 2.45) is 0 Å². The lowest BCUT2D eigenvalue weighted by Crippen LogP contribution is -2.62. The van der Waals surface area contributed by atoms with E-state index in [1.165, 1.54) is 12.8 Å². The Labute approximate surface area is 141 Å². The molecule has 7 nitrogen and oxygen atoms in total. The van der Waals surface area contributed by atoms with Gasteiger partial charge in [-0.1, -0.05) is 0 Å². The van der Waals surface area contributed by atoms with Gasteiger partial charge in [-0.15, -0.1) is 0 Å². The van der Waals surface area contributed by atoms with Crippen LogP contribution in [0.2, 0.25) is 0 Å².